The van der Waals surface area contributed by atoms with Crippen molar-refractivity contribution in [1.29, 1.82) is 0 Å². The van der Waals surface area contributed by atoms with E-state index in [4.69, 9.17) is 14.7 Å². The van der Waals surface area contributed by atoms with Crippen LogP contribution in [0.4, 0.5) is 5.69 Å². The highest BCUT2D eigenvalue weighted by Gasteiger charge is 2.22. The summed E-state index contributed by atoms with van der Waals surface area (Å²) in [5, 5.41) is 0. The second-order valence-electron chi connectivity index (χ2n) is 9.84. The maximum Gasteiger partial charge on any atom is 0.213 e. The summed E-state index contributed by atoms with van der Waals surface area (Å²) in [6.45, 7) is 11.4. The number of rotatable bonds is 8. The van der Waals surface area contributed by atoms with Crippen LogP contribution in [0.15, 0.2) is 64.7 Å². The first-order valence-electron chi connectivity index (χ1n) is 12.7. The predicted molar refractivity (Wildman–Crippen MR) is 143 cm³/mol. The van der Waals surface area contributed by atoms with Crippen molar-refractivity contribution in [2.75, 3.05) is 26.2 Å². The Bertz CT molecular complexity index is 1150. The molecule has 1 aromatic heterocycles. The first kappa shape index (κ1) is 25.1. The minimum absolute atomic E-state index is 0.0867. The number of aromatic nitrogens is 1. The van der Waals surface area contributed by atoms with E-state index in [2.05, 4.69) is 43.0 Å². The normalized spacial score (nSPS) is 17.7. The molecule has 0 atom stereocenters. The summed E-state index contributed by atoms with van der Waals surface area (Å²) in [5.74, 6) is 1.27. The van der Waals surface area contributed by atoms with Crippen LogP contribution in [0, 0.1) is 6.92 Å². The van der Waals surface area contributed by atoms with Crippen molar-refractivity contribution in [3.05, 3.63) is 76.5 Å². The van der Waals surface area contributed by atoms with Crippen LogP contribution in [-0.2, 0) is 0 Å². The number of piperidine rings is 1. The van der Waals surface area contributed by atoms with Crippen LogP contribution >= 0.6 is 0 Å². The number of nitrogens with zero attached hydrogens (tertiary/aromatic N) is 3. The average molecular weight is 472 g/mol. The van der Waals surface area contributed by atoms with E-state index in [0.29, 0.717) is 12.5 Å². The standard InChI is InChI=1S/C30H37N3O2/c1-21-8-5-6-9-27(21)20-35-30-11-7-10-29(32-30)25-14-16-33(17-15-25)19-23(3)31-28-13-12-26(24(4)34)18-22(28)2/h7-13,18,25H,5-6,14-17,19-20H2,1-4H3. The zero-order valence-electron chi connectivity index (χ0n) is 21.5. The van der Waals surface area contributed by atoms with Gasteiger partial charge in [-0.15, -0.1) is 0 Å². The molecule has 184 valence electrons. The number of benzene rings is 1. The molecule has 0 unspecified atom stereocenters. The summed E-state index contributed by atoms with van der Waals surface area (Å²) in [6.07, 6.45) is 8.96. The molecule has 0 N–H and O–H groups in total. The monoisotopic (exact) mass is 471 g/mol. The van der Waals surface area contributed by atoms with Gasteiger partial charge in [0, 0.05) is 35.5 Å². The molecular weight excluding hydrogens is 434 g/mol. The van der Waals surface area contributed by atoms with E-state index in [-0.39, 0.29) is 5.78 Å². The molecule has 0 saturated carbocycles. The van der Waals surface area contributed by atoms with Gasteiger partial charge in [-0.1, -0.05) is 18.2 Å². The van der Waals surface area contributed by atoms with Gasteiger partial charge in [0.1, 0.15) is 6.61 Å². The first-order valence-corrected chi connectivity index (χ1v) is 12.7. The van der Waals surface area contributed by atoms with Gasteiger partial charge in [0.15, 0.2) is 5.78 Å². The van der Waals surface area contributed by atoms with Crippen molar-refractivity contribution in [3.63, 3.8) is 0 Å². The highest BCUT2D eigenvalue weighted by Crippen LogP contribution is 2.28. The largest absolute Gasteiger partial charge is 0.473 e. The number of Topliss-reactive ketones (excluding diaryl/α,β-unsaturated/α-hetero) is 1. The average Bonchev–Trinajstić information content (AvgIpc) is 2.85. The van der Waals surface area contributed by atoms with Crippen molar-refractivity contribution < 1.29 is 9.53 Å². The highest BCUT2D eigenvalue weighted by molar-refractivity contribution is 5.95. The van der Waals surface area contributed by atoms with Crippen LogP contribution in [0.1, 0.15) is 74.0 Å². The van der Waals surface area contributed by atoms with Gasteiger partial charge in [0.2, 0.25) is 5.88 Å². The van der Waals surface area contributed by atoms with Crippen molar-refractivity contribution in [1.82, 2.24) is 9.88 Å². The van der Waals surface area contributed by atoms with Crippen molar-refractivity contribution in [2.24, 2.45) is 4.99 Å². The zero-order valence-corrected chi connectivity index (χ0v) is 21.5. The Morgan fingerprint density at radius 3 is 2.57 bits per heavy atom. The number of ether oxygens (including phenoxy) is 1. The third-order valence-electron chi connectivity index (χ3n) is 7.01. The first-order chi connectivity index (χ1) is 16.9. The number of hydrogen-bond acceptors (Lipinski definition) is 5. The van der Waals surface area contributed by atoms with E-state index in [1.54, 1.807) is 6.92 Å². The van der Waals surface area contributed by atoms with Crippen LogP contribution in [0.5, 0.6) is 5.88 Å². The summed E-state index contributed by atoms with van der Waals surface area (Å²) in [6, 6.07) is 11.9. The number of pyridine rings is 1. The third-order valence-corrected chi connectivity index (χ3v) is 7.01. The van der Waals surface area contributed by atoms with E-state index < -0.39 is 0 Å². The Morgan fingerprint density at radius 2 is 1.86 bits per heavy atom. The lowest BCUT2D eigenvalue weighted by Gasteiger charge is -2.31. The zero-order chi connectivity index (χ0) is 24.8. The smallest absolute Gasteiger partial charge is 0.213 e. The molecule has 2 heterocycles. The van der Waals surface area contributed by atoms with Gasteiger partial charge in [0.25, 0.3) is 0 Å². The molecule has 1 aliphatic heterocycles. The summed E-state index contributed by atoms with van der Waals surface area (Å²) in [4.78, 5) is 23.7. The van der Waals surface area contributed by atoms with Gasteiger partial charge in [-0.3, -0.25) is 14.7 Å². The molecule has 0 amide bonds. The molecule has 1 saturated heterocycles. The molecule has 1 aromatic carbocycles. The molecule has 5 nitrogen and oxygen atoms in total. The maximum absolute atomic E-state index is 11.6. The van der Waals surface area contributed by atoms with Gasteiger partial charge in [0.05, 0.1) is 5.69 Å². The lowest BCUT2D eigenvalue weighted by Crippen LogP contribution is -2.36. The summed E-state index contributed by atoms with van der Waals surface area (Å²) >= 11 is 0. The van der Waals surface area contributed by atoms with E-state index in [9.17, 15) is 4.79 Å². The number of aryl methyl sites for hydroxylation is 1. The third kappa shape index (κ3) is 6.76. The van der Waals surface area contributed by atoms with Crippen LogP contribution < -0.4 is 4.74 Å². The number of allylic oxidation sites excluding steroid dienone is 2. The number of hydrogen-bond donors (Lipinski definition) is 0. The lowest BCUT2D eigenvalue weighted by molar-refractivity contribution is 0.101. The molecule has 0 spiro atoms. The van der Waals surface area contributed by atoms with E-state index >= 15 is 0 Å². The number of likely N-dealkylation sites (tertiary alicyclic amines) is 1. The predicted octanol–water partition coefficient (Wildman–Crippen LogP) is 6.61. The lowest BCUT2D eigenvalue weighted by atomic mass is 9.93. The quantitative estimate of drug-likeness (QED) is 0.321. The van der Waals surface area contributed by atoms with Gasteiger partial charge < -0.3 is 4.74 Å². The molecule has 0 bridgehead atoms. The maximum atomic E-state index is 11.6. The molecule has 5 heteroatoms. The van der Waals surface area contributed by atoms with Crippen LogP contribution in [-0.4, -0.2) is 47.6 Å². The minimum atomic E-state index is 0.0867. The molecule has 4 rings (SSSR count). The summed E-state index contributed by atoms with van der Waals surface area (Å²) < 4.78 is 6.04. The fraction of sp³-hybridized carbons (Fsp3) is 0.433. The Balaban J connectivity index is 1.30. The van der Waals surface area contributed by atoms with Gasteiger partial charge in [-0.25, -0.2) is 4.98 Å². The fourth-order valence-corrected chi connectivity index (χ4v) is 4.86. The molecule has 0 radical (unpaired) electrons. The molecular formula is C30H37N3O2. The van der Waals surface area contributed by atoms with Crippen LogP contribution in [0.25, 0.3) is 0 Å². The molecule has 1 fully saturated rings. The minimum Gasteiger partial charge on any atom is -0.473 e. The molecule has 2 aromatic rings. The van der Waals surface area contributed by atoms with Crippen LogP contribution in [0.2, 0.25) is 0 Å². The SMILES string of the molecule is CC(=O)c1ccc(N=C(C)CN2CCC(c3cccc(OCC4=CCCC=C4C)n3)CC2)c(C)c1. The van der Waals surface area contributed by atoms with Gasteiger partial charge in [-0.2, -0.15) is 0 Å². The van der Waals surface area contributed by atoms with Gasteiger partial charge in [-0.05, 0) is 107 Å². The molecule has 2 aliphatic rings. The van der Waals surface area contributed by atoms with Gasteiger partial charge >= 0.3 is 0 Å². The second kappa shape index (κ2) is 11.6. The Hall–Kier alpha value is -3.05. The number of carbonyl (C=O) groups is 1. The van der Waals surface area contributed by atoms with E-state index in [1.807, 2.05) is 31.2 Å². The van der Waals surface area contributed by atoms with Crippen molar-refractivity contribution >= 4 is 17.2 Å². The summed E-state index contributed by atoms with van der Waals surface area (Å²) in [7, 11) is 0. The number of ketones is 1. The Morgan fingerprint density at radius 1 is 1.09 bits per heavy atom. The molecule has 35 heavy (non-hydrogen) atoms. The summed E-state index contributed by atoms with van der Waals surface area (Å²) in [5.41, 5.74) is 7.55. The van der Waals surface area contributed by atoms with E-state index in [0.717, 1.165) is 79.4 Å². The van der Waals surface area contributed by atoms with Crippen molar-refractivity contribution in [3.8, 4) is 5.88 Å². The fourth-order valence-electron chi connectivity index (χ4n) is 4.86. The topological polar surface area (TPSA) is 54.8 Å². The molecule has 1 aliphatic carbocycles. The Kier molecular flexibility index (Phi) is 8.29. The Labute approximate surface area is 209 Å². The van der Waals surface area contributed by atoms with Crippen molar-refractivity contribution in [2.45, 2.75) is 59.3 Å². The van der Waals surface area contributed by atoms with Crippen LogP contribution in [0.3, 0.4) is 0 Å². The number of aliphatic imine (C=N–C) groups is 1. The second-order valence-corrected chi connectivity index (χ2v) is 9.84. The highest BCUT2D eigenvalue weighted by atomic mass is 16.5. The number of carbonyl (C=O) groups excluding carboxylic acids is 1. The van der Waals surface area contributed by atoms with E-state index in [1.165, 1.54) is 11.1 Å².